The molecule has 0 spiro atoms. The van der Waals surface area contributed by atoms with Crippen molar-refractivity contribution >= 4 is 5.69 Å². The number of benzene rings is 1. The van der Waals surface area contributed by atoms with E-state index in [4.69, 9.17) is 0 Å². The van der Waals surface area contributed by atoms with E-state index < -0.39 is 11.7 Å². The predicted molar refractivity (Wildman–Crippen MR) is 53.9 cm³/mol. The van der Waals surface area contributed by atoms with Gasteiger partial charge in [0, 0.05) is 18.8 Å². The Morgan fingerprint density at radius 3 is 2.53 bits per heavy atom. The van der Waals surface area contributed by atoms with Crippen LogP contribution in [0.5, 0.6) is 0 Å². The van der Waals surface area contributed by atoms with Gasteiger partial charge in [0.1, 0.15) is 0 Å². The molecule has 0 saturated heterocycles. The maximum absolute atomic E-state index is 12.3. The van der Waals surface area contributed by atoms with E-state index in [-0.39, 0.29) is 0 Å². The van der Waals surface area contributed by atoms with Crippen molar-refractivity contribution in [2.24, 2.45) is 0 Å². The first-order valence-corrected chi connectivity index (χ1v) is 4.60. The molecule has 5 heteroatoms. The lowest BCUT2D eigenvalue weighted by Gasteiger charge is -2.10. The van der Waals surface area contributed by atoms with Gasteiger partial charge in [-0.3, -0.25) is 0 Å². The smallest absolute Gasteiger partial charge is 0.384 e. The molecular formula is C10H13F3N2. The number of rotatable bonds is 4. The number of halogens is 3. The van der Waals surface area contributed by atoms with Crippen LogP contribution >= 0.6 is 0 Å². The zero-order valence-corrected chi connectivity index (χ0v) is 8.36. The molecule has 0 aliphatic carbocycles. The molecule has 0 aliphatic heterocycles. The van der Waals surface area contributed by atoms with Crippen molar-refractivity contribution in [3.63, 3.8) is 0 Å². The van der Waals surface area contributed by atoms with Crippen molar-refractivity contribution in [2.45, 2.75) is 6.18 Å². The minimum atomic E-state index is -4.28. The Bertz CT molecular complexity index is 310. The predicted octanol–water partition coefficient (Wildman–Crippen LogP) is 2.34. The molecule has 15 heavy (non-hydrogen) atoms. The molecule has 0 radical (unpaired) electrons. The van der Waals surface area contributed by atoms with Crippen LogP contribution in [0, 0.1) is 0 Å². The van der Waals surface area contributed by atoms with E-state index in [1.54, 1.807) is 13.1 Å². The van der Waals surface area contributed by atoms with E-state index in [0.717, 1.165) is 12.1 Å². The van der Waals surface area contributed by atoms with Crippen LogP contribution in [-0.4, -0.2) is 20.1 Å². The summed E-state index contributed by atoms with van der Waals surface area (Å²) in [6.45, 7) is 1.30. The second-order valence-electron chi connectivity index (χ2n) is 3.11. The van der Waals surface area contributed by atoms with Crippen LogP contribution in [0.2, 0.25) is 0 Å². The Balaban J connectivity index is 2.66. The van der Waals surface area contributed by atoms with Gasteiger partial charge >= 0.3 is 6.18 Å². The second kappa shape index (κ2) is 5.02. The van der Waals surface area contributed by atoms with Crippen LogP contribution in [-0.2, 0) is 6.18 Å². The van der Waals surface area contributed by atoms with E-state index in [2.05, 4.69) is 10.6 Å². The molecule has 0 heterocycles. The van der Waals surface area contributed by atoms with Gasteiger partial charge < -0.3 is 10.6 Å². The summed E-state index contributed by atoms with van der Waals surface area (Å²) in [6.07, 6.45) is -4.28. The topological polar surface area (TPSA) is 24.1 Å². The highest BCUT2D eigenvalue weighted by Gasteiger charge is 2.30. The number of nitrogens with one attached hydrogen (secondary N) is 2. The third kappa shape index (κ3) is 3.79. The van der Waals surface area contributed by atoms with Gasteiger partial charge in [-0.05, 0) is 25.2 Å². The van der Waals surface area contributed by atoms with Gasteiger partial charge in [-0.2, -0.15) is 13.2 Å². The van der Waals surface area contributed by atoms with E-state index >= 15 is 0 Å². The van der Waals surface area contributed by atoms with Crippen LogP contribution in [0.15, 0.2) is 24.3 Å². The molecule has 0 atom stereocenters. The summed E-state index contributed by atoms with van der Waals surface area (Å²) in [5.74, 6) is 0. The number of hydrogen-bond donors (Lipinski definition) is 2. The zero-order chi connectivity index (χ0) is 11.3. The summed E-state index contributed by atoms with van der Waals surface area (Å²) in [7, 11) is 1.79. The molecule has 0 fully saturated rings. The van der Waals surface area contributed by atoms with Crippen molar-refractivity contribution in [3.8, 4) is 0 Å². The van der Waals surface area contributed by atoms with Gasteiger partial charge in [0.05, 0.1) is 5.56 Å². The molecule has 0 amide bonds. The Kier molecular flexibility index (Phi) is 3.96. The minimum Gasteiger partial charge on any atom is -0.384 e. The molecule has 1 aromatic rings. The van der Waals surface area contributed by atoms with Crippen LogP contribution < -0.4 is 10.6 Å². The summed E-state index contributed by atoms with van der Waals surface area (Å²) >= 11 is 0. The van der Waals surface area contributed by atoms with E-state index in [1.807, 2.05) is 0 Å². The lowest BCUT2D eigenvalue weighted by molar-refractivity contribution is -0.137. The van der Waals surface area contributed by atoms with E-state index in [9.17, 15) is 13.2 Å². The van der Waals surface area contributed by atoms with Gasteiger partial charge in [0.2, 0.25) is 0 Å². The lowest BCUT2D eigenvalue weighted by Crippen LogP contribution is -2.18. The largest absolute Gasteiger partial charge is 0.416 e. The van der Waals surface area contributed by atoms with Gasteiger partial charge in [-0.15, -0.1) is 0 Å². The monoisotopic (exact) mass is 218 g/mol. The number of likely N-dealkylation sites (N-methyl/N-ethyl adjacent to an activating group) is 1. The molecule has 2 N–H and O–H groups in total. The maximum atomic E-state index is 12.3. The molecular weight excluding hydrogens is 205 g/mol. The highest BCUT2D eigenvalue weighted by molar-refractivity contribution is 5.46. The SMILES string of the molecule is CNCCNc1cccc(C(F)(F)F)c1. The van der Waals surface area contributed by atoms with Crippen molar-refractivity contribution in [1.82, 2.24) is 5.32 Å². The second-order valence-corrected chi connectivity index (χ2v) is 3.11. The van der Waals surface area contributed by atoms with Crippen LogP contribution in [0.1, 0.15) is 5.56 Å². The molecule has 0 unspecified atom stereocenters. The molecule has 0 aliphatic rings. The first-order valence-electron chi connectivity index (χ1n) is 4.60. The summed E-state index contributed by atoms with van der Waals surface area (Å²) in [4.78, 5) is 0. The van der Waals surface area contributed by atoms with Crippen molar-refractivity contribution in [2.75, 3.05) is 25.5 Å². The molecule has 2 nitrogen and oxygen atoms in total. The van der Waals surface area contributed by atoms with Gasteiger partial charge in [-0.1, -0.05) is 6.07 Å². The molecule has 84 valence electrons. The van der Waals surface area contributed by atoms with Crippen LogP contribution in [0.25, 0.3) is 0 Å². The van der Waals surface area contributed by atoms with Crippen molar-refractivity contribution in [3.05, 3.63) is 29.8 Å². The first kappa shape index (κ1) is 11.8. The fourth-order valence-electron chi connectivity index (χ4n) is 1.14. The average Bonchev–Trinajstić information content (AvgIpc) is 2.17. The Labute approximate surface area is 86.5 Å². The quantitative estimate of drug-likeness (QED) is 0.758. The fourth-order valence-corrected chi connectivity index (χ4v) is 1.14. The highest BCUT2D eigenvalue weighted by atomic mass is 19.4. The average molecular weight is 218 g/mol. The molecule has 0 bridgehead atoms. The minimum absolute atomic E-state index is 0.486. The van der Waals surface area contributed by atoms with E-state index in [0.29, 0.717) is 18.8 Å². The number of hydrogen-bond acceptors (Lipinski definition) is 2. The van der Waals surface area contributed by atoms with Crippen molar-refractivity contribution in [1.29, 1.82) is 0 Å². The summed E-state index contributed by atoms with van der Waals surface area (Å²) in [5.41, 5.74) is -0.142. The van der Waals surface area contributed by atoms with Crippen molar-refractivity contribution < 1.29 is 13.2 Å². The lowest BCUT2D eigenvalue weighted by atomic mass is 10.2. The maximum Gasteiger partial charge on any atom is 0.416 e. The van der Waals surface area contributed by atoms with Gasteiger partial charge in [0.25, 0.3) is 0 Å². The molecule has 0 saturated carbocycles. The normalized spacial score (nSPS) is 11.5. The van der Waals surface area contributed by atoms with Gasteiger partial charge in [0.15, 0.2) is 0 Å². The Morgan fingerprint density at radius 2 is 1.93 bits per heavy atom. The highest BCUT2D eigenvalue weighted by Crippen LogP contribution is 2.30. The molecule has 1 aromatic carbocycles. The third-order valence-corrected chi connectivity index (χ3v) is 1.89. The summed E-state index contributed by atoms with van der Waals surface area (Å²) in [5, 5.41) is 5.79. The molecule has 0 aromatic heterocycles. The van der Waals surface area contributed by atoms with Gasteiger partial charge in [-0.25, -0.2) is 0 Å². The fraction of sp³-hybridized carbons (Fsp3) is 0.400. The van der Waals surface area contributed by atoms with Crippen LogP contribution in [0.4, 0.5) is 18.9 Å². The Morgan fingerprint density at radius 1 is 1.20 bits per heavy atom. The summed E-state index contributed by atoms with van der Waals surface area (Å²) in [6, 6.07) is 5.17. The summed E-state index contributed by atoms with van der Waals surface area (Å²) < 4.78 is 36.9. The first-order chi connectivity index (χ1) is 7.04. The van der Waals surface area contributed by atoms with E-state index in [1.165, 1.54) is 6.07 Å². The molecule has 1 rings (SSSR count). The van der Waals surface area contributed by atoms with Crippen LogP contribution in [0.3, 0.4) is 0 Å². The Hall–Kier alpha value is -1.23. The number of alkyl halides is 3. The zero-order valence-electron chi connectivity index (χ0n) is 8.36. The number of anilines is 1. The third-order valence-electron chi connectivity index (χ3n) is 1.89. The standard InChI is InChI=1S/C10H13F3N2/c1-14-5-6-15-9-4-2-3-8(7-9)10(11,12)13/h2-4,7,14-15H,5-6H2,1H3.